The zero-order valence-electron chi connectivity index (χ0n) is 16.8. The number of unbranched alkanes of at least 4 members (excludes halogenated alkanes) is 1. The molecule has 1 saturated heterocycles. The van der Waals surface area contributed by atoms with E-state index in [4.69, 9.17) is 21.1 Å². The Kier molecular flexibility index (Phi) is 7.46. The minimum absolute atomic E-state index is 0.0583. The molecule has 1 fully saturated rings. The third-order valence-corrected chi connectivity index (χ3v) is 5.14. The zero-order valence-corrected chi connectivity index (χ0v) is 17.6. The number of halogens is 1. The molecule has 1 amide bonds. The van der Waals surface area contributed by atoms with E-state index in [2.05, 4.69) is 6.92 Å². The minimum atomic E-state index is -0.601. The van der Waals surface area contributed by atoms with Crippen molar-refractivity contribution in [3.8, 4) is 5.75 Å². The van der Waals surface area contributed by atoms with Crippen LogP contribution in [-0.2, 0) is 14.3 Å². The Morgan fingerprint density at radius 1 is 1.10 bits per heavy atom. The minimum Gasteiger partial charge on any atom is -0.494 e. The summed E-state index contributed by atoms with van der Waals surface area (Å²) in [7, 11) is 0. The number of anilines is 1. The summed E-state index contributed by atoms with van der Waals surface area (Å²) in [4.78, 5) is 38.4. The van der Waals surface area contributed by atoms with Crippen LogP contribution >= 0.6 is 11.6 Å². The molecule has 158 valence electrons. The normalized spacial score (nSPS) is 15.9. The van der Waals surface area contributed by atoms with Crippen molar-refractivity contribution in [2.75, 3.05) is 24.7 Å². The van der Waals surface area contributed by atoms with E-state index < -0.39 is 11.9 Å². The Labute approximate surface area is 180 Å². The number of benzene rings is 2. The van der Waals surface area contributed by atoms with Crippen LogP contribution in [0.5, 0.6) is 5.75 Å². The largest absolute Gasteiger partial charge is 0.494 e. The number of nitrogens with zero attached hydrogens (tertiary/aromatic N) is 1. The van der Waals surface area contributed by atoms with E-state index in [0.29, 0.717) is 22.9 Å². The Morgan fingerprint density at radius 2 is 1.80 bits per heavy atom. The lowest BCUT2D eigenvalue weighted by Gasteiger charge is -2.17. The lowest BCUT2D eigenvalue weighted by atomic mass is 10.1. The van der Waals surface area contributed by atoms with Gasteiger partial charge in [-0.25, -0.2) is 0 Å². The summed E-state index contributed by atoms with van der Waals surface area (Å²) in [6.07, 6.45) is 2.10. The zero-order chi connectivity index (χ0) is 21.5. The summed E-state index contributed by atoms with van der Waals surface area (Å²) >= 11 is 5.80. The van der Waals surface area contributed by atoms with Crippen molar-refractivity contribution >= 4 is 34.9 Å². The monoisotopic (exact) mass is 429 g/mol. The second-order valence-electron chi connectivity index (χ2n) is 7.14. The fraction of sp³-hybridized carbons (Fsp3) is 0.348. The maximum absolute atomic E-state index is 12.4. The fourth-order valence-electron chi connectivity index (χ4n) is 3.15. The van der Waals surface area contributed by atoms with Gasteiger partial charge < -0.3 is 14.4 Å². The summed E-state index contributed by atoms with van der Waals surface area (Å²) in [6.45, 7) is 2.61. The summed E-state index contributed by atoms with van der Waals surface area (Å²) < 4.78 is 10.8. The van der Waals surface area contributed by atoms with Gasteiger partial charge in [0.15, 0.2) is 12.4 Å². The molecule has 0 aromatic heterocycles. The molecule has 3 rings (SSSR count). The first-order valence-electron chi connectivity index (χ1n) is 9.96. The SMILES string of the molecule is CCCCOc1ccc(N2C[C@H](C(=O)OCC(=O)c3ccc(Cl)cc3)CC2=O)cc1. The highest BCUT2D eigenvalue weighted by molar-refractivity contribution is 6.30. The highest BCUT2D eigenvalue weighted by Crippen LogP contribution is 2.27. The number of carbonyl (C=O) groups is 3. The second kappa shape index (κ2) is 10.3. The molecular formula is C23H24ClNO5. The van der Waals surface area contributed by atoms with Gasteiger partial charge in [-0.1, -0.05) is 24.9 Å². The number of Topliss-reactive ketones (excluding diaryl/α,β-unsaturated/α-hetero) is 1. The maximum Gasteiger partial charge on any atom is 0.311 e. The van der Waals surface area contributed by atoms with Gasteiger partial charge in [0.1, 0.15) is 5.75 Å². The standard InChI is InChI=1S/C23H24ClNO5/c1-2-3-12-29-20-10-8-19(9-11-20)25-14-17(13-22(25)27)23(28)30-15-21(26)16-4-6-18(24)7-5-16/h4-11,17H,2-3,12-15H2,1H3/t17-/m1/s1. The predicted molar refractivity (Wildman–Crippen MR) is 114 cm³/mol. The first-order valence-corrected chi connectivity index (χ1v) is 10.3. The van der Waals surface area contributed by atoms with E-state index in [1.165, 1.54) is 0 Å². The van der Waals surface area contributed by atoms with Crippen LogP contribution in [0.25, 0.3) is 0 Å². The molecule has 0 radical (unpaired) electrons. The van der Waals surface area contributed by atoms with Crippen LogP contribution in [0.15, 0.2) is 48.5 Å². The van der Waals surface area contributed by atoms with Crippen molar-refractivity contribution in [3.05, 3.63) is 59.1 Å². The molecule has 1 heterocycles. The first kappa shape index (κ1) is 21.8. The van der Waals surface area contributed by atoms with Crippen LogP contribution in [-0.4, -0.2) is 37.4 Å². The van der Waals surface area contributed by atoms with E-state index in [0.717, 1.165) is 18.6 Å². The van der Waals surface area contributed by atoms with E-state index in [1.54, 1.807) is 41.3 Å². The van der Waals surface area contributed by atoms with Gasteiger partial charge in [0.25, 0.3) is 0 Å². The molecular weight excluding hydrogens is 406 g/mol. The number of hydrogen-bond acceptors (Lipinski definition) is 5. The summed E-state index contributed by atoms with van der Waals surface area (Å²) in [5.74, 6) is -0.875. The van der Waals surface area contributed by atoms with Gasteiger partial charge in [0.05, 0.1) is 12.5 Å². The molecule has 2 aromatic carbocycles. The number of carbonyl (C=O) groups excluding carboxylic acids is 3. The van der Waals surface area contributed by atoms with Gasteiger partial charge in [-0.05, 0) is 55.0 Å². The van der Waals surface area contributed by atoms with E-state index >= 15 is 0 Å². The Morgan fingerprint density at radius 3 is 2.47 bits per heavy atom. The van der Waals surface area contributed by atoms with Crippen LogP contribution in [0.1, 0.15) is 36.5 Å². The second-order valence-corrected chi connectivity index (χ2v) is 7.58. The predicted octanol–water partition coefficient (Wildman–Crippen LogP) is 4.30. The van der Waals surface area contributed by atoms with E-state index in [9.17, 15) is 14.4 Å². The molecule has 0 aliphatic carbocycles. The number of hydrogen-bond donors (Lipinski definition) is 0. The molecule has 1 aliphatic rings. The van der Waals surface area contributed by atoms with Gasteiger partial charge in [0.2, 0.25) is 5.91 Å². The number of amides is 1. The topological polar surface area (TPSA) is 72.9 Å². The Balaban J connectivity index is 1.52. The Hall–Kier alpha value is -2.86. The number of ketones is 1. The van der Waals surface area contributed by atoms with Gasteiger partial charge in [-0.3, -0.25) is 14.4 Å². The van der Waals surface area contributed by atoms with Crippen molar-refractivity contribution in [3.63, 3.8) is 0 Å². The third-order valence-electron chi connectivity index (χ3n) is 4.89. The molecule has 7 heteroatoms. The van der Waals surface area contributed by atoms with E-state index in [1.807, 2.05) is 12.1 Å². The molecule has 0 unspecified atom stereocenters. The van der Waals surface area contributed by atoms with Crippen molar-refractivity contribution in [1.82, 2.24) is 0 Å². The molecule has 0 spiro atoms. The number of rotatable bonds is 9. The number of esters is 1. The van der Waals surface area contributed by atoms with Gasteiger partial charge >= 0.3 is 5.97 Å². The van der Waals surface area contributed by atoms with Gasteiger partial charge in [-0.15, -0.1) is 0 Å². The highest BCUT2D eigenvalue weighted by atomic mass is 35.5. The summed E-state index contributed by atoms with van der Waals surface area (Å²) in [5.41, 5.74) is 1.12. The smallest absolute Gasteiger partial charge is 0.311 e. The van der Waals surface area contributed by atoms with E-state index in [-0.39, 0.29) is 31.3 Å². The fourth-order valence-corrected chi connectivity index (χ4v) is 3.27. The van der Waals surface area contributed by atoms with Crippen molar-refractivity contribution in [2.24, 2.45) is 5.92 Å². The van der Waals surface area contributed by atoms with Crippen molar-refractivity contribution in [1.29, 1.82) is 0 Å². The van der Waals surface area contributed by atoms with Crippen LogP contribution in [0.2, 0.25) is 5.02 Å². The molecule has 2 aromatic rings. The molecule has 0 bridgehead atoms. The molecule has 0 saturated carbocycles. The van der Waals surface area contributed by atoms with Crippen molar-refractivity contribution < 1.29 is 23.9 Å². The lowest BCUT2D eigenvalue weighted by molar-refractivity contribution is -0.147. The lowest BCUT2D eigenvalue weighted by Crippen LogP contribution is -2.27. The van der Waals surface area contributed by atoms with Crippen LogP contribution in [0.4, 0.5) is 5.69 Å². The summed E-state index contributed by atoms with van der Waals surface area (Å²) in [5, 5.41) is 0.522. The van der Waals surface area contributed by atoms with Crippen LogP contribution in [0, 0.1) is 5.92 Å². The van der Waals surface area contributed by atoms with Gasteiger partial charge in [0, 0.05) is 29.2 Å². The first-order chi connectivity index (χ1) is 14.5. The summed E-state index contributed by atoms with van der Waals surface area (Å²) in [6, 6.07) is 13.6. The average molecular weight is 430 g/mol. The number of ether oxygens (including phenoxy) is 2. The average Bonchev–Trinajstić information content (AvgIpc) is 3.14. The van der Waals surface area contributed by atoms with Gasteiger partial charge in [-0.2, -0.15) is 0 Å². The third kappa shape index (κ3) is 5.60. The molecule has 1 aliphatic heterocycles. The molecule has 6 nitrogen and oxygen atoms in total. The van der Waals surface area contributed by atoms with Crippen LogP contribution < -0.4 is 9.64 Å². The molecule has 1 atom stereocenters. The maximum atomic E-state index is 12.4. The molecule has 30 heavy (non-hydrogen) atoms. The Bertz CT molecular complexity index is 895. The molecule has 0 N–H and O–H groups in total. The quantitative estimate of drug-likeness (QED) is 0.337. The highest BCUT2D eigenvalue weighted by Gasteiger charge is 2.36. The van der Waals surface area contributed by atoms with Crippen molar-refractivity contribution in [2.45, 2.75) is 26.2 Å². The van der Waals surface area contributed by atoms with Crippen LogP contribution in [0.3, 0.4) is 0 Å².